The molecule has 0 saturated heterocycles. The molecule has 0 bridgehead atoms. The summed E-state index contributed by atoms with van der Waals surface area (Å²) in [5, 5.41) is 3.41. The van der Waals surface area contributed by atoms with Crippen molar-refractivity contribution in [3.05, 3.63) is 53.3 Å². The van der Waals surface area contributed by atoms with Crippen molar-refractivity contribution in [1.29, 1.82) is 0 Å². The highest BCUT2D eigenvalue weighted by molar-refractivity contribution is 5.41. The van der Waals surface area contributed by atoms with E-state index in [2.05, 4.69) is 42.3 Å². The number of rotatable bonds is 6. The zero-order valence-corrected chi connectivity index (χ0v) is 12.4. The van der Waals surface area contributed by atoms with Crippen LogP contribution < -0.4 is 10.1 Å². The molecule has 0 aliphatic rings. The maximum atomic E-state index is 6.00. The van der Waals surface area contributed by atoms with Crippen LogP contribution in [0.3, 0.4) is 0 Å². The number of aromatic nitrogens is 1. The molecule has 0 aliphatic heterocycles. The maximum Gasteiger partial charge on any atom is 0.148 e. The van der Waals surface area contributed by atoms with Crippen molar-refractivity contribution < 1.29 is 4.74 Å². The summed E-state index contributed by atoms with van der Waals surface area (Å²) < 4.78 is 6.00. The molecule has 0 unspecified atom stereocenters. The Morgan fingerprint density at radius 1 is 1.15 bits per heavy atom. The fourth-order valence-corrected chi connectivity index (χ4v) is 1.97. The Hall–Kier alpha value is -1.87. The quantitative estimate of drug-likeness (QED) is 0.806. The van der Waals surface area contributed by atoms with Crippen LogP contribution in [0.2, 0.25) is 0 Å². The van der Waals surface area contributed by atoms with Gasteiger partial charge in [0.25, 0.3) is 0 Å². The molecule has 3 nitrogen and oxygen atoms in total. The third-order valence-electron chi connectivity index (χ3n) is 3.19. The number of nitrogens with zero attached hydrogens (tertiary/aromatic N) is 1. The fraction of sp³-hybridized carbons (Fsp3) is 0.353. The summed E-state index contributed by atoms with van der Waals surface area (Å²) in [6.07, 6.45) is 2.92. The van der Waals surface area contributed by atoms with E-state index in [0.29, 0.717) is 0 Å². The van der Waals surface area contributed by atoms with Crippen LogP contribution in [0.25, 0.3) is 0 Å². The molecule has 1 N–H and O–H groups in total. The van der Waals surface area contributed by atoms with Crippen molar-refractivity contribution in [2.45, 2.75) is 33.7 Å². The molecule has 0 atom stereocenters. The van der Waals surface area contributed by atoms with Gasteiger partial charge in [0.2, 0.25) is 0 Å². The Morgan fingerprint density at radius 3 is 2.75 bits per heavy atom. The van der Waals surface area contributed by atoms with Gasteiger partial charge in [-0.15, -0.1) is 0 Å². The Morgan fingerprint density at radius 2 is 2.00 bits per heavy atom. The average Bonchev–Trinajstić information content (AvgIpc) is 2.45. The van der Waals surface area contributed by atoms with Gasteiger partial charge in [-0.3, -0.25) is 4.98 Å². The second kappa shape index (κ2) is 7.06. The number of aryl methyl sites for hydroxylation is 2. The van der Waals surface area contributed by atoms with Gasteiger partial charge in [0.15, 0.2) is 0 Å². The minimum absolute atomic E-state index is 0.814. The van der Waals surface area contributed by atoms with E-state index in [-0.39, 0.29) is 0 Å². The Labute approximate surface area is 121 Å². The Bertz CT molecular complexity index is 567. The van der Waals surface area contributed by atoms with Gasteiger partial charge < -0.3 is 10.1 Å². The Balaban J connectivity index is 2.14. The molecule has 0 aliphatic carbocycles. The van der Waals surface area contributed by atoms with Crippen molar-refractivity contribution in [2.24, 2.45) is 0 Å². The number of hydrogen-bond acceptors (Lipinski definition) is 3. The summed E-state index contributed by atoms with van der Waals surface area (Å²) in [5.41, 5.74) is 3.27. The molecular formula is C17H22N2O. The number of nitrogens with one attached hydrogen (secondary N) is 1. The van der Waals surface area contributed by atoms with E-state index in [0.717, 1.165) is 42.3 Å². The second-order valence-electron chi connectivity index (χ2n) is 4.97. The van der Waals surface area contributed by atoms with Crippen LogP contribution in [0.5, 0.6) is 11.5 Å². The summed E-state index contributed by atoms with van der Waals surface area (Å²) in [6.45, 7) is 8.09. The van der Waals surface area contributed by atoms with E-state index in [9.17, 15) is 0 Å². The van der Waals surface area contributed by atoms with Crippen LogP contribution in [-0.4, -0.2) is 11.5 Å². The highest BCUT2D eigenvalue weighted by Gasteiger charge is 2.05. The van der Waals surface area contributed by atoms with E-state index < -0.39 is 0 Å². The van der Waals surface area contributed by atoms with Crippen molar-refractivity contribution in [3.63, 3.8) is 0 Å². The van der Waals surface area contributed by atoms with E-state index in [4.69, 9.17) is 4.74 Å². The first-order chi connectivity index (χ1) is 9.70. The molecule has 20 heavy (non-hydrogen) atoms. The molecule has 3 heteroatoms. The SMILES string of the molecule is CCCNCc1ccc(C)c(Oc2cccnc2C)c1. The van der Waals surface area contributed by atoms with Crippen molar-refractivity contribution in [1.82, 2.24) is 10.3 Å². The van der Waals surface area contributed by atoms with Crippen molar-refractivity contribution in [3.8, 4) is 11.5 Å². The van der Waals surface area contributed by atoms with Crippen molar-refractivity contribution in [2.75, 3.05) is 6.54 Å². The lowest BCUT2D eigenvalue weighted by atomic mass is 10.1. The highest BCUT2D eigenvalue weighted by Crippen LogP contribution is 2.27. The normalized spacial score (nSPS) is 10.6. The molecular weight excluding hydrogens is 248 g/mol. The molecule has 2 rings (SSSR count). The maximum absolute atomic E-state index is 6.00. The lowest BCUT2D eigenvalue weighted by Gasteiger charge is -2.12. The third-order valence-corrected chi connectivity index (χ3v) is 3.19. The van der Waals surface area contributed by atoms with Crippen LogP contribution in [0, 0.1) is 13.8 Å². The summed E-state index contributed by atoms with van der Waals surface area (Å²) >= 11 is 0. The smallest absolute Gasteiger partial charge is 0.148 e. The van der Waals surface area contributed by atoms with Gasteiger partial charge in [-0.25, -0.2) is 0 Å². The fourth-order valence-electron chi connectivity index (χ4n) is 1.97. The summed E-state index contributed by atoms with van der Waals surface area (Å²) in [7, 11) is 0. The lowest BCUT2D eigenvalue weighted by molar-refractivity contribution is 0.471. The van der Waals surface area contributed by atoms with E-state index in [1.54, 1.807) is 6.20 Å². The molecule has 0 fully saturated rings. The first kappa shape index (κ1) is 14.5. The summed E-state index contributed by atoms with van der Waals surface area (Å²) in [4.78, 5) is 4.25. The lowest BCUT2D eigenvalue weighted by Crippen LogP contribution is -2.13. The standard InChI is InChI=1S/C17H22N2O/c1-4-9-18-12-15-8-7-13(2)17(11-15)20-16-6-5-10-19-14(16)3/h5-8,10-11,18H,4,9,12H2,1-3H3. The number of hydrogen-bond donors (Lipinski definition) is 1. The zero-order valence-electron chi connectivity index (χ0n) is 12.4. The minimum Gasteiger partial charge on any atom is -0.455 e. The van der Waals surface area contributed by atoms with Gasteiger partial charge in [0.1, 0.15) is 11.5 Å². The molecule has 0 radical (unpaired) electrons. The minimum atomic E-state index is 0.814. The van der Waals surface area contributed by atoms with E-state index in [1.807, 2.05) is 19.1 Å². The van der Waals surface area contributed by atoms with Gasteiger partial charge in [-0.1, -0.05) is 19.1 Å². The molecule has 1 aromatic heterocycles. The third kappa shape index (κ3) is 3.81. The molecule has 1 aromatic carbocycles. The summed E-state index contributed by atoms with van der Waals surface area (Å²) in [6, 6.07) is 10.2. The number of ether oxygens (including phenoxy) is 1. The predicted molar refractivity (Wildman–Crippen MR) is 82.2 cm³/mol. The topological polar surface area (TPSA) is 34.1 Å². The van der Waals surface area contributed by atoms with Gasteiger partial charge >= 0.3 is 0 Å². The van der Waals surface area contributed by atoms with Crippen molar-refractivity contribution >= 4 is 0 Å². The van der Waals surface area contributed by atoms with E-state index >= 15 is 0 Å². The van der Waals surface area contributed by atoms with Crippen LogP contribution in [0.1, 0.15) is 30.2 Å². The monoisotopic (exact) mass is 270 g/mol. The van der Waals surface area contributed by atoms with Gasteiger partial charge in [-0.05, 0) is 56.1 Å². The first-order valence-electron chi connectivity index (χ1n) is 7.10. The summed E-state index contributed by atoms with van der Waals surface area (Å²) in [5.74, 6) is 1.71. The molecule has 1 heterocycles. The number of pyridine rings is 1. The highest BCUT2D eigenvalue weighted by atomic mass is 16.5. The van der Waals surface area contributed by atoms with Crippen LogP contribution in [-0.2, 0) is 6.54 Å². The molecule has 106 valence electrons. The molecule has 2 aromatic rings. The van der Waals surface area contributed by atoms with Gasteiger partial charge in [-0.2, -0.15) is 0 Å². The van der Waals surface area contributed by atoms with E-state index in [1.165, 1.54) is 5.56 Å². The second-order valence-corrected chi connectivity index (χ2v) is 4.97. The van der Waals surface area contributed by atoms with Crippen LogP contribution in [0.15, 0.2) is 36.5 Å². The Kier molecular flexibility index (Phi) is 5.13. The van der Waals surface area contributed by atoms with Crippen LogP contribution in [0.4, 0.5) is 0 Å². The number of benzene rings is 1. The largest absolute Gasteiger partial charge is 0.455 e. The molecule has 0 amide bonds. The first-order valence-corrected chi connectivity index (χ1v) is 7.10. The molecule has 0 saturated carbocycles. The predicted octanol–water partition coefficient (Wildman–Crippen LogP) is 3.99. The van der Waals surface area contributed by atoms with Gasteiger partial charge in [0.05, 0.1) is 5.69 Å². The zero-order chi connectivity index (χ0) is 14.4. The van der Waals surface area contributed by atoms with Gasteiger partial charge in [0, 0.05) is 12.7 Å². The molecule has 0 spiro atoms. The average molecular weight is 270 g/mol. The van der Waals surface area contributed by atoms with Crippen LogP contribution >= 0.6 is 0 Å².